The lowest BCUT2D eigenvalue weighted by molar-refractivity contribution is 0.631. The molecule has 4 aromatic heterocycles. The van der Waals surface area contributed by atoms with Gasteiger partial charge in [0.1, 0.15) is 0 Å². The average molecular weight is 1260 g/mol. The first-order chi connectivity index (χ1) is 48.1. The highest BCUT2D eigenvalue weighted by molar-refractivity contribution is 6.10. The quantitative estimate of drug-likeness (QED) is 0.142. The fourth-order valence-corrected chi connectivity index (χ4v) is 15.6. The topological polar surface area (TPSA) is 70.3 Å². The Morgan fingerprint density at radius 2 is 0.704 bits per heavy atom. The lowest BCUT2D eigenvalue weighted by Crippen LogP contribution is -2.30. The molecule has 12 aromatic carbocycles. The summed E-state index contributed by atoms with van der Waals surface area (Å²) in [6.45, 7) is 16.9. The maximum Gasteiger partial charge on any atom is 0.187 e. The Balaban J connectivity index is 0.000000147. The number of hydrogen-bond donors (Lipinski definition) is 0. The molecule has 2 aliphatic rings. The first-order valence-electron chi connectivity index (χ1n) is 33.2. The predicted molar refractivity (Wildman–Crippen MR) is 403 cm³/mol. The summed E-state index contributed by atoms with van der Waals surface area (Å²) in [6.07, 6.45) is 7.68. The Labute approximate surface area is 569 Å². The monoisotopic (exact) mass is 1260 g/mol. The molecule has 0 saturated carbocycles. The predicted octanol–water partition coefficient (Wildman–Crippen LogP) is 23.7. The van der Waals surface area contributed by atoms with Crippen LogP contribution >= 0.6 is 0 Å². The van der Waals surface area contributed by atoms with Gasteiger partial charge in [-0.25, -0.2) is 4.85 Å². The summed E-state index contributed by atoms with van der Waals surface area (Å²) in [5.41, 5.74) is 27.9. The van der Waals surface area contributed by atoms with Gasteiger partial charge in [0.25, 0.3) is 0 Å². The zero-order valence-corrected chi connectivity index (χ0v) is 54.6. The van der Waals surface area contributed by atoms with Crippen molar-refractivity contribution in [3.05, 3.63) is 355 Å². The van der Waals surface area contributed by atoms with E-state index in [-0.39, 0.29) is 10.8 Å². The van der Waals surface area contributed by atoms with Gasteiger partial charge < -0.3 is 18.9 Å². The van der Waals surface area contributed by atoms with E-state index in [9.17, 15) is 5.26 Å². The molecule has 0 amide bonds. The summed E-state index contributed by atoms with van der Waals surface area (Å²) in [6, 6.07) is 105. The molecule has 0 unspecified atom stereocenters. The number of pyridine rings is 2. The number of benzene rings is 12. The third-order valence-electron chi connectivity index (χ3n) is 20.2. The molecule has 0 N–H and O–H groups in total. The number of para-hydroxylation sites is 6. The zero-order chi connectivity index (χ0) is 66.2. The van der Waals surface area contributed by atoms with Crippen LogP contribution < -0.4 is 9.80 Å². The van der Waals surface area contributed by atoms with Crippen LogP contribution in [-0.2, 0) is 10.8 Å². The van der Waals surface area contributed by atoms with Crippen LogP contribution in [0.5, 0.6) is 0 Å². The van der Waals surface area contributed by atoms with Gasteiger partial charge >= 0.3 is 0 Å². The van der Waals surface area contributed by atoms with Crippen molar-refractivity contribution in [2.45, 2.75) is 38.5 Å². The van der Waals surface area contributed by atoms with Crippen molar-refractivity contribution in [1.29, 1.82) is 5.26 Å². The second-order valence-corrected chi connectivity index (χ2v) is 26.4. The molecule has 8 heteroatoms. The Kier molecular flexibility index (Phi) is 14.2. The lowest BCUT2D eigenvalue weighted by atomic mass is 9.73. The largest absolute Gasteiger partial charge is 0.310 e. The van der Waals surface area contributed by atoms with E-state index >= 15 is 0 Å². The minimum Gasteiger partial charge on any atom is -0.310 e. The first-order valence-corrected chi connectivity index (χ1v) is 33.2. The third-order valence-corrected chi connectivity index (χ3v) is 20.2. The van der Waals surface area contributed by atoms with Crippen LogP contribution in [0.2, 0.25) is 0 Å². The summed E-state index contributed by atoms with van der Waals surface area (Å²) < 4.78 is 4.73. The Bertz CT molecular complexity index is 5760. The van der Waals surface area contributed by atoms with E-state index in [2.05, 4.69) is 316 Å². The van der Waals surface area contributed by atoms with Crippen molar-refractivity contribution < 1.29 is 0 Å². The molecular formula is C90H64N8. The molecule has 0 bridgehead atoms. The van der Waals surface area contributed by atoms with Gasteiger partial charge in [0.05, 0.1) is 63.0 Å². The molecule has 2 aliphatic heterocycles. The van der Waals surface area contributed by atoms with Crippen LogP contribution in [0.1, 0.15) is 55.5 Å². The van der Waals surface area contributed by atoms with E-state index in [0.717, 1.165) is 105 Å². The van der Waals surface area contributed by atoms with Gasteiger partial charge in [0.2, 0.25) is 0 Å². The highest BCUT2D eigenvalue weighted by Crippen LogP contribution is 2.55. The van der Waals surface area contributed by atoms with E-state index in [0.29, 0.717) is 11.3 Å². The molecule has 0 aliphatic carbocycles. The van der Waals surface area contributed by atoms with Gasteiger partial charge in [0, 0.05) is 85.5 Å². The molecule has 464 valence electrons. The fourth-order valence-electron chi connectivity index (χ4n) is 15.6. The summed E-state index contributed by atoms with van der Waals surface area (Å²) >= 11 is 0. The van der Waals surface area contributed by atoms with Crippen LogP contribution in [0.3, 0.4) is 0 Å². The molecule has 0 spiro atoms. The second kappa shape index (κ2) is 23.5. The average Bonchev–Trinajstić information content (AvgIpc) is 0.807. The van der Waals surface area contributed by atoms with E-state index in [1.165, 1.54) is 50.4 Å². The van der Waals surface area contributed by atoms with Gasteiger partial charge in [-0.1, -0.05) is 222 Å². The molecule has 8 nitrogen and oxygen atoms in total. The molecule has 18 rings (SSSR count). The SMILES string of the molecule is CC1(C)c2ccccc2N(c2cc(-c3ccccc3-c3ccccc3C#N)cc(-n3c4ccccc4c4cnccc43)c2)c2ccccc21.[C-]#[N+]c1cccc(-c2ccccc2-c2cc(N3c4ccccc4C(C)(C)c4ccccc43)cc(-n3c4ccccc4c4cnccc43)c2)c1. The summed E-state index contributed by atoms with van der Waals surface area (Å²) in [5, 5.41) is 14.7. The molecule has 98 heavy (non-hydrogen) atoms. The van der Waals surface area contributed by atoms with Crippen molar-refractivity contribution >= 4 is 83.4 Å². The zero-order valence-electron chi connectivity index (χ0n) is 54.6. The normalized spacial score (nSPS) is 13.2. The molecule has 0 fully saturated rings. The fraction of sp³-hybridized carbons (Fsp3) is 0.0667. The van der Waals surface area contributed by atoms with Crippen LogP contribution in [0.25, 0.3) is 104 Å². The Morgan fingerprint density at radius 1 is 0.337 bits per heavy atom. The van der Waals surface area contributed by atoms with Crippen molar-refractivity contribution in [1.82, 2.24) is 19.1 Å². The Morgan fingerprint density at radius 3 is 1.16 bits per heavy atom. The third kappa shape index (κ3) is 9.56. The van der Waals surface area contributed by atoms with E-state index < -0.39 is 0 Å². The number of aromatic nitrogens is 4. The van der Waals surface area contributed by atoms with E-state index in [1.807, 2.05) is 67.3 Å². The van der Waals surface area contributed by atoms with Crippen LogP contribution in [0.4, 0.5) is 39.8 Å². The van der Waals surface area contributed by atoms with Crippen LogP contribution in [0.15, 0.2) is 316 Å². The highest BCUT2D eigenvalue weighted by atomic mass is 15.2. The number of hydrogen-bond acceptors (Lipinski definition) is 5. The van der Waals surface area contributed by atoms with Gasteiger partial charge in [0.15, 0.2) is 5.69 Å². The molecule has 6 heterocycles. The smallest absolute Gasteiger partial charge is 0.187 e. The first kappa shape index (κ1) is 58.9. The van der Waals surface area contributed by atoms with E-state index in [4.69, 9.17) is 6.57 Å². The maximum absolute atomic E-state index is 10.1. The van der Waals surface area contributed by atoms with Crippen molar-refractivity contribution in [2.24, 2.45) is 0 Å². The van der Waals surface area contributed by atoms with Crippen molar-refractivity contribution in [3.63, 3.8) is 0 Å². The van der Waals surface area contributed by atoms with E-state index in [1.54, 1.807) is 0 Å². The van der Waals surface area contributed by atoms with Gasteiger partial charge in [-0.3, -0.25) is 9.97 Å². The Hall–Kier alpha value is -12.9. The van der Waals surface area contributed by atoms with Gasteiger partial charge in [-0.2, -0.15) is 5.26 Å². The minimum atomic E-state index is -0.169. The molecule has 16 aromatic rings. The molecule has 0 atom stereocenters. The standard InChI is InChI=1S/2C45H32N4/c1-45(2)39-18-7-10-21-43(39)49(44-22-11-8-19-40(44)45)34-27-31(36-16-5-4-15-35(36)30-13-12-14-32(25-30)46-3)26-33(28-34)48-41-20-9-6-17-37(41)38-29-47-24-23-42(38)48;1-45(2)39-18-8-11-21-43(39)49(44-22-12-9-19-40(44)45)33-26-31(35-15-5-6-16-36(35)34-14-4-3-13-30(34)28-46)25-32(27-33)48-41-20-10-7-17-37(41)38-29-47-24-23-42(38)48/h4-29H,1-2H3;3-27,29H,1-2H3. The van der Waals surface area contributed by atoms with Crippen molar-refractivity contribution in [3.8, 4) is 62.0 Å². The van der Waals surface area contributed by atoms with Crippen LogP contribution in [0, 0.1) is 17.9 Å². The van der Waals surface area contributed by atoms with Gasteiger partial charge in [-0.05, 0) is 158 Å². The number of nitrogens with zero attached hydrogens (tertiary/aromatic N) is 8. The van der Waals surface area contributed by atoms with Crippen LogP contribution in [-0.4, -0.2) is 19.1 Å². The number of anilines is 6. The number of fused-ring (bicyclic) bond motifs is 10. The lowest BCUT2D eigenvalue weighted by Gasteiger charge is -2.42. The molecule has 0 radical (unpaired) electrons. The second-order valence-electron chi connectivity index (χ2n) is 26.4. The van der Waals surface area contributed by atoms with Gasteiger partial charge in [-0.15, -0.1) is 0 Å². The summed E-state index contributed by atoms with van der Waals surface area (Å²) in [7, 11) is 0. The maximum atomic E-state index is 10.1. The molecular weight excluding hydrogens is 1190 g/mol. The number of nitriles is 1. The highest BCUT2D eigenvalue weighted by Gasteiger charge is 2.39. The summed E-state index contributed by atoms with van der Waals surface area (Å²) in [5.74, 6) is 0. The summed E-state index contributed by atoms with van der Waals surface area (Å²) in [4.78, 5) is 17.6. The number of rotatable bonds is 8. The molecule has 0 saturated heterocycles. The van der Waals surface area contributed by atoms with Crippen molar-refractivity contribution in [2.75, 3.05) is 9.80 Å². The minimum absolute atomic E-state index is 0.162.